The molecule has 1 aliphatic heterocycles. The van der Waals surface area contributed by atoms with Gasteiger partial charge in [-0.25, -0.2) is 0 Å². The second kappa shape index (κ2) is 7.42. The minimum absolute atomic E-state index is 0.0424. The molecule has 5 aliphatic rings. The van der Waals surface area contributed by atoms with Gasteiger partial charge in [-0.15, -0.1) is 0 Å². The van der Waals surface area contributed by atoms with Crippen LogP contribution < -0.4 is 0 Å². The number of phenols is 1. The monoisotopic (exact) mass is 457 g/mol. The van der Waals surface area contributed by atoms with Crippen LogP contribution in [0.15, 0.2) is 18.2 Å². The summed E-state index contributed by atoms with van der Waals surface area (Å²) in [5.74, 6) is -2.14. The first-order chi connectivity index (χ1) is 15.2. The first-order valence-corrected chi connectivity index (χ1v) is 15.3. The molecule has 0 spiro atoms. The lowest BCUT2D eigenvalue weighted by Gasteiger charge is -2.43. The van der Waals surface area contributed by atoms with E-state index in [2.05, 4.69) is 19.6 Å². The van der Waals surface area contributed by atoms with Gasteiger partial charge < -0.3 is 19.5 Å². The second-order valence-electron chi connectivity index (χ2n) is 10.8. The van der Waals surface area contributed by atoms with Crippen molar-refractivity contribution in [2.45, 2.75) is 43.9 Å². The number of ketones is 1. The van der Waals surface area contributed by atoms with E-state index in [4.69, 9.17) is 9.47 Å². The van der Waals surface area contributed by atoms with Crippen LogP contribution >= 0.6 is 0 Å². The molecule has 6 rings (SSSR count). The molecule has 1 N–H and O–H groups in total. The summed E-state index contributed by atoms with van der Waals surface area (Å²) in [4.78, 5) is 42.1. The first-order valence-electron chi connectivity index (χ1n) is 11.6. The van der Waals surface area contributed by atoms with Gasteiger partial charge in [0.15, 0.2) is 0 Å². The van der Waals surface area contributed by atoms with Crippen molar-refractivity contribution in [1.82, 2.24) is 4.90 Å². The fraction of sp³-hybridized carbons (Fsp3) is 0.625. The molecule has 3 fully saturated rings. The number of ether oxygens (including phenoxy) is 2. The molecule has 2 bridgehead atoms. The quantitative estimate of drug-likeness (QED) is 0.540. The number of rotatable bonds is 5. The van der Waals surface area contributed by atoms with Gasteiger partial charge in [-0.3, -0.25) is 14.4 Å². The number of Topliss-reactive ketones (excluding diaryl/α,β-unsaturated/α-hetero) is 1. The largest absolute Gasteiger partial charge is 0.508 e. The highest BCUT2D eigenvalue weighted by atomic mass is 28.3. The van der Waals surface area contributed by atoms with E-state index in [0.717, 1.165) is 17.2 Å². The van der Waals surface area contributed by atoms with E-state index < -0.39 is 31.2 Å². The number of hydrogen-bond acceptors (Lipinski definition) is 6. The first kappa shape index (κ1) is 21.6. The molecule has 0 aromatic heterocycles. The molecule has 1 saturated heterocycles. The zero-order chi connectivity index (χ0) is 22.8. The van der Waals surface area contributed by atoms with Crippen molar-refractivity contribution in [2.24, 2.45) is 17.3 Å². The average molecular weight is 458 g/mol. The molecule has 2 unspecified atom stereocenters. The number of phenolic OH excluding ortho intramolecular Hbond substituents is 1. The van der Waals surface area contributed by atoms with E-state index in [1.54, 1.807) is 17.0 Å². The number of hydrogen-bond donors (Lipinski definition) is 1. The number of esters is 1. The number of benzene rings is 1. The molecule has 1 aromatic carbocycles. The van der Waals surface area contributed by atoms with Crippen LogP contribution in [-0.2, 0) is 23.9 Å². The number of amides is 1. The Bertz CT molecular complexity index is 981. The summed E-state index contributed by atoms with van der Waals surface area (Å²) in [5.41, 5.74) is 0.776. The average Bonchev–Trinajstić information content (AvgIpc) is 3.45. The summed E-state index contributed by atoms with van der Waals surface area (Å²) in [6.07, 6.45) is 0.258. The second-order valence-corrected chi connectivity index (χ2v) is 16.5. The van der Waals surface area contributed by atoms with E-state index in [1.165, 1.54) is 0 Å². The SMILES string of the molecule is C[Si](C)(C)CCOC(=O)[C@H]1[C@H]2[C@H]3C(=O)CC(c4ccc(O)cc43)C21C(=O)N1CCOCC1. The van der Waals surface area contributed by atoms with Gasteiger partial charge >= 0.3 is 5.97 Å². The molecule has 172 valence electrons. The zero-order valence-electron chi connectivity index (χ0n) is 18.9. The van der Waals surface area contributed by atoms with E-state index in [0.29, 0.717) is 32.9 Å². The fourth-order valence-electron chi connectivity index (χ4n) is 6.29. The predicted octanol–water partition coefficient (Wildman–Crippen LogP) is 2.52. The molecule has 8 heteroatoms. The summed E-state index contributed by atoms with van der Waals surface area (Å²) in [6, 6.07) is 5.93. The van der Waals surface area contributed by atoms with E-state index in [1.807, 2.05) is 6.07 Å². The Morgan fingerprint density at radius 2 is 1.94 bits per heavy atom. The van der Waals surface area contributed by atoms with Crippen LogP contribution in [-0.4, -0.2) is 68.7 Å². The van der Waals surface area contributed by atoms with Crippen molar-refractivity contribution in [1.29, 1.82) is 0 Å². The van der Waals surface area contributed by atoms with Gasteiger partial charge in [-0.05, 0) is 29.3 Å². The molecule has 32 heavy (non-hydrogen) atoms. The van der Waals surface area contributed by atoms with Gasteiger partial charge in [-0.1, -0.05) is 25.7 Å². The van der Waals surface area contributed by atoms with Gasteiger partial charge in [0.05, 0.1) is 31.2 Å². The van der Waals surface area contributed by atoms with Crippen molar-refractivity contribution >= 4 is 25.7 Å². The van der Waals surface area contributed by atoms with Crippen molar-refractivity contribution in [3.05, 3.63) is 29.3 Å². The molecule has 7 nitrogen and oxygen atoms in total. The third-order valence-electron chi connectivity index (χ3n) is 7.80. The van der Waals surface area contributed by atoms with Crippen LogP contribution in [0.3, 0.4) is 0 Å². The molecule has 5 atom stereocenters. The summed E-state index contributed by atoms with van der Waals surface area (Å²) in [6.45, 7) is 8.99. The van der Waals surface area contributed by atoms with Gasteiger partial charge in [0, 0.05) is 45.3 Å². The predicted molar refractivity (Wildman–Crippen MR) is 119 cm³/mol. The van der Waals surface area contributed by atoms with Crippen LogP contribution in [0.25, 0.3) is 0 Å². The van der Waals surface area contributed by atoms with Gasteiger partial charge in [0.25, 0.3) is 0 Å². The summed E-state index contributed by atoms with van der Waals surface area (Å²) in [5, 5.41) is 10.1. The minimum atomic E-state index is -1.38. The summed E-state index contributed by atoms with van der Waals surface area (Å²) >= 11 is 0. The van der Waals surface area contributed by atoms with E-state index in [9.17, 15) is 19.5 Å². The Hall–Kier alpha value is -2.19. The Morgan fingerprint density at radius 1 is 1.22 bits per heavy atom. The zero-order valence-corrected chi connectivity index (χ0v) is 19.9. The molecular weight excluding hydrogens is 426 g/mol. The highest BCUT2D eigenvalue weighted by Crippen LogP contribution is 2.78. The van der Waals surface area contributed by atoms with Crippen molar-refractivity contribution < 1.29 is 29.0 Å². The van der Waals surface area contributed by atoms with E-state index >= 15 is 0 Å². The molecule has 1 heterocycles. The van der Waals surface area contributed by atoms with Gasteiger partial charge in [0.1, 0.15) is 11.5 Å². The Labute approximate surface area is 189 Å². The lowest BCUT2D eigenvalue weighted by molar-refractivity contribution is -0.152. The van der Waals surface area contributed by atoms with Crippen molar-refractivity contribution in [3.8, 4) is 5.75 Å². The third kappa shape index (κ3) is 3.14. The highest BCUT2D eigenvalue weighted by Gasteiger charge is 2.83. The minimum Gasteiger partial charge on any atom is -0.508 e. The molecule has 4 aliphatic carbocycles. The smallest absolute Gasteiger partial charge is 0.310 e. The third-order valence-corrected chi connectivity index (χ3v) is 9.51. The van der Waals surface area contributed by atoms with Crippen LogP contribution in [0.1, 0.15) is 29.4 Å². The van der Waals surface area contributed by atoms with Crippen molar-refractivity contribution in [3.63, 3.8) is 0 Å². The number of carbonyl (C=O) groups excluding carboxylic acids is 3. The van der Waals surface area contributed by atoms with Gasteiger partial charge in [0.2, 0.25) is 5.91 Å². The van der Waals surface area contributed by atoms with Crippen LogP contribution in [0.5, 0.6) is 5.75 Å². The summed E-state index contributed by atoms with van der Waals surface area (Å²) < 4.78 is 11.1. The van der Waals surface area contributed by atoms with Crippen molar-refractivity contribution in [2.75, 3.05) is 32.9 Å². The number of morpholine rings is 1. The maximum atomic E-state index is 13.9. The molecule has 1 aromatic rings. The Kier molecular flexibility index (Phi) is 5.02. The maximum absolute atomic E-state index is 13.9. The molecular formula is C24H31NO6Si. The standard InChI is InChI=1S/C24H31NO6Si/c1-32(2,3)11-10-31-22(28)21-20-19-16-12-14(26)4-5-15(16)17(13-18(19)27)24(20,21)23(29)25-6-8-30-9-7-25/h4-5,12,17,19-21,26H,6-11,13H2,1-3H3/t17?,19-,20-,21-,24?/m1/s1. The lowest BCUT2D eigenvalue weighted by atomic mass is 9.60. The van der Waals surface area contributed by atoms with Gasteiger partial charge in [-0.2, -0.15) is 0 Å². The topological polar surface area (TPSA) is 93.1 Å². The maximum Gasteiger partial charge on any atom is 0.310 e. The Balaban J connectivity index is 1.51. The van der Waals surface area contributed by atoms with Crippen LogP contribution in [0.4, 0.5) is 0 Å². The number of carbonyl (C=O) groups is 3. The van der Waals surface area contributed by atoms with Crippen LogP contribution in [0.2, 0.25) is 25.7 Å². The summed E-state index contributed by atoms with van der Waals surface area (Å²) in [7, 11) is -1.38. The molecule has 2 saturated carbocycles. The van der Waals surface area contributed by atoms with E-state index in [-0.39, 0.29) is 35.7 Å². The van der Waals surface area contributed by atoms with Crippen LogP contribution in [0, 0.1) is 17.3 Å². The number of fused-ring (bicyclic) bond motifs is 1. The highest BCUT2D eigenvalue weighted by molar-refractivity contribution is 6.76. The Morgan fingerprint density at radius 3 is 2.62 bits per heavy atom. The molecule has 1 amide bonds. The fourth-order valence-corrected chi connectivity index (χ4v) is 7.00. The molecule has 0 radical (unpaired) electrons. The normalized spacial score (nSPS) is 32.8. The number of aromatic hydroxyl groups is 1. The lowest BCUT2D eigenvalue weighted by Crippen LogP contribution is -2.51. The number of nitrogens with zero attached hydrogens (tertiary/aromatic N) is 1.